The summed E-state index contributed by atoms with van der Waals surface area (Å²) in [7, 11) is 1.57. The van der Waals surface area contributed by atoms with Crippen LogP contribution in [0, 0.1) is 11.7 Å². The molecule has 1 saturated heterocycles. The molecule has 116 valence electrons. The fraction of sp³-hybridized carbons (Fsp3) is 0.412. The number of urea groups is 1. The van der Waals surface area contributed by atoms with Gasteiger partial charge in [0.05, 0.1) is 5.69 Å². The highest BCUT2D eigenvalue weighted by Crippen LogP contribution is 2.31. The molecule has 1 aromatic rings. The van der Waals surface area contributed by atoms with Gasteiger partial charge in [-0.1, -0.05) is 37.5 Å². The second-order valence-electron chi connectivity index (χ2n) is 5.88. The lowest BCUT2D eigenvalue weighted by molar-refractivity contribution is -0.114. The maximum Gasteiger partial charge on any atom is 0.336 e. The Morgan fingerprint density at radius 2 is 1.82 bits per heavy atom. The van der Waals surface area contributed by atoms with Crippen LogP contribution in [0.2, 0.25) is 0 Å². The van der Waals surface area contributed by atoms with E-state index >= 15 is 0 Å². The Balaban J connectivity index is 1.92. The predicted molar refractivity (Wildman–Crippen MR) is 81.7 cm³/mol. The van der Waals surface area contributed by atoms with Crippen molar-refractivity contribution in [2.75, 3.05) is 11.9 Å². The molecule has 22 heavy (non-hydrogen) atoms. The van der Waals surface area contributed by atoms with Crippen molar-refractivity contribution in [3.8, 4) is 0 Å². The molecule has 0 spiro atoms. The highest BCUT2D eigenvalue weighted by molar-refractivity contribution is 6.26. The van der Waals surface area contributed by atoms with E-state index in [1.54, 1.807) is 13.1 Å². The van der Waals surface area contributed by atoms with Crippen LogP contribution in [0.1, 0.15) is 32.1 Å². The number of likely N-dealkylation sites (N-methyl/N-ethyl adjacent to an activating group) is 1. The Kier molecular flexibility index (Phi) is 3.96. The maximum atomic E-state index is 13.9. The molecule has 1 aromatic carbocycles. The number of hydrogen-bond donors (Lipinski definition) is 0. The van der Waals surface area contributed by atoms with Gasteiger partial charge < -0.3 is 0 Å². The number of carbonyl (C=O) groups is 2. The van der Waals surface area contributed by atoms with Crippen LogP contribution >= 0.6 is 0 Å². The number of anilines is 1. The van der Waals surface area contributed by atoms with Gasteiger partial charge in [-0.15, -0.1) is 0 Å². The largest absolute Gasteiger partial charge is 0.336 e. The third-order valence-electron chi connectivity index (χ3n) is 4.40. The second kappa shape index (κ2) is 5.91. The van der Waals surface area contributed by atoms with Crippen LogP contribution in [0.15, 0.2) is 36.0 Å². The number of carbonyl (C=O) groups excluding carboxylic acids is 2. The zero-order valence-electron chi connectivity index (χ0n) is 12.6. The number of rotatable bonds is 2. The van der Waals surface area contributed by atoms with E-state index in [-0.39, 0.29) is 5.69 Å². The molecule has 0 atom stereocenters. The molecule has 1 saturated carbocycles. The van der Waals surface area contributed by atoms with E-state index in [2.05, 4.69) is 0 Å². The van der Waals surface area contributed by atoms with E-state index < -0.39 is 17.8 Å². The number of allylic oxidation sites excluding steroid dienone is 1. The molecule has 0 radical (unpaired) electrons. The van der Waals surface area contributed by atoms with Crippen LogP contribution in [0.5, 0.6) is 0 Å². The van der Waals surface area contributed by atoms with Gasteiger partial charge in [0.25, 0.3) is 5.91 Å². The second-order valence-corrected chi connectivity index (χ2v) is 5.88. The first kappa shape index (κ1) is 14.8. The van der Waals surface area contributed by atoms with E-state index in [9.17, 15) is 14.0 Å². The molecule has 3 rings (SSSR count). The summed E-state index contributed by atoms with van der Waals surface area (Å²) in [5.41, 5.74) is 0.372. The molecule has 0 aromatic heterocycles. The van der Waals surface area contributed by atoms with Crippen molar-refractivity contribution >= 4 is 17.6 Å². The van der Waals surface area contributed by atoms with Crippen molar-refractivity contribution in [1.29, 1.82) is 0 Å². The average Bonchev–Trinajstić information content (AvgIpc) is 2.73. The first-order chi connectivity index (χ1) is 10.6. The van der Waals surface area contributed by atoms with Gasteiger partial charge in [-0.05, 0) is 30.9 Å². The third kappa shape index (κ3) is 2.51. The molecule has 0 unspecified atom stereocenters. The highest BCUT2D eigenvalue weighted by atomic mass is 19.1. The number of benzene rings is 1. The summed E-state index contributed by atoms with van der Waals surface area (Å²) in [5, 5.41) is 0. The van der Waals surface area contributed by atoms with Gasteiger partial charge in [0.15, 0.2) is 0 Å². The highest BCUT2D eigenvalue weighted by Gasteiger charge is 2.41. The molecule has 2 aliphatic rings. The number of nitrogens with zero attached hydrogens (tertiary/aromatic N) is 2. The van der Waals surface area contributed by atoms with Crippen LogP contribution in [0.4, 0.5) is 14.9 Å². The van der Waals surface area contributed by atoms with E-state index in [1.165, 1.54) is 29.5 Å². The number of imide groups is 1. The van der Waals surface area contributed by atoms with Crippen LogP contribution in [0.25, 0.3) is 0 Å². The van der Waals surface area contributed by atoms with Crippen molar-refractivity contribution in [1.82, 2.24) is 4.90 Å². The van der Waals surface area contributed by atoms with Crippen molar-refractivity contribution in [3.05, 3.63) is 41.9 Å². The Morgan fingerprint density at radius 1 is 1.14 bits per heavy atom. The van der Waals surface area contributed by atoms with Crippen molar-refractivity contribution < 1.29 is 14.0 Å². The van der Waals surface area contributed by atoms with E-state index in [4.69, 9.17) is 0 Å². The van der Waals surface area contributed by atoms with Gasteiger partial charge in [0.1, 0.15) is 11.5 Å². The lowest BCUT2D eigenvalue weighted by Crippen LogP contribution is -2.32. The third-order valence-corrected chi connectivity index (χ3v) is 4.40. The van der Waals surface area contributed by atoms with Gasteiger partial charge in [-0.2, -0.15) is 0 Å². The zero-order chi connectivity index (χ0) is 15.7. The summed E-state index contributed by atoms with van der Waals surface area (Å²) in [6.07, 6.45) is 7.50. The molecule has 2 fully saturated rings. The summed E-state index contributed by atoms with van der Waals surface area (Å²) < 4.78 is 13.9. The number of hydrogen-bond acceptors (Lipinski definition) is 2. The minimum absolute atomic E-state index is 0.0106. The molecule has 1 aliphatic heterocycles. The first-order valence-corrected chi connectivity index (χ1v) is 7.68. The topological polar surface area (TPSA) is 40.6 Å². The average molecular weight is 302 g/mol. The zero-order valence-corrected chi connectivity index (χ0v) is 12.6. The molecule has 5 heteroatoms. The lowest BCUT2D eigenvalue weighted by atomic mass is 9.88. The Morgan fingerprint density at radius 3 is 2.50 bits per heavy atom. The monoisotopic (exact) mass is 302 g/mol. The maximum absolute atomic E-state index is 13.9. The predicted octanol–water partition coefficient (Wildman–Crippen LogP) is 3.69. The summed E-state index contributed by atoms with van der Waals surface area (Å²) >= 11 is 0. The molecular weight excluding hydrogens is 283 g/mol. The molecule has 0 N–H and O–H groups in total. The summed E-state index contributed by atoms with van der Waals surface area (Å²) in [6.45, 7) is 0. The molecule has 1 heterocycles. The molecule has 3 amide bonds. The summed E-state index contributed by atoms with van der Waals surface area (Å²) in [4.78, 5) is 27.2. The van der Waals surface area contributed by atoms with Crippen molar-refractivity contribution in [2.45, 2.75) is 32.1 Å². The summed E-state index contributed by atoms with van der Waals surface area (Å²) in [5.74, 6) is -0.691. The van der Waals surface area contributed by atoms with Gasteiger partial charge in [0, 0.05) is 7.05 Å². The Bertz CT molecular complexity index is 635. The van der Waals surface area contributed by atoms with Crippen LogP contribution in [0.3, 0.4) is 0 Å². The van der Waals surface area contributed by atoms with Gasteiger partial charge >= 0.3 is 6.03 Å². The normalized spacial score (nSPS) is 22.0. The van der Waals surface area contributed by atoms with E-state index in [1.807, 2.05) is 6.08 Å². The smallest absolute Gasteiger partial charge is 0.292 e. The van der Waals surface area contributed by atoms with Gasteiger partial charge in [0.2, 0.25) is 0 Å². The number of amides is 3. The van der Waals surface area contributed by atoms with Crippen LogP contribution in [-0.2, 0) is 4.79 Å². The Hall–Kier alpha value is -2.17. The molecule has 4 nitrogen and oxygen atoms in total. The quantitative estimate of drug-likeness (QED) is 0.617. The van der Waals surface area contributed by atoms with Crippen LogP contribution in [-0.4, -0.2) is 23.9 Å². The van der Waals surface area contributed by atoms with Crippen molar-refractivity contribution in [2.24, 2.45) is 5.92 Å². The molecule has 0 bridgehead atoms. The Labute approximate surface area is 129 Å². The number of halogens is 1. The molecular formula is C17H19FN2O2. The summed E-state index contributed by atoms with van der Waals surface area (Å²) in [6, 6.07) is 5.34. The van der Waals surface area contributed by atoms with E-state index in [0.717, 1.165) is 30.6 Å². The lowest BCUT2D eigenvalue weighted by Gasteiger charge is -2.19. The van der Waals surface area contributed by atoms with Crippen LogP contribution < -0.4 is 4.90 Å². The standard InChI is InChI=1S/C17H19FN2O2/c1-19-15(11-12-7-3-2-4-8-12)16(21)20(17(19)22)14-10-6-5-9-13(14)18/h5-6,9-12H,2-4,7-8H2,1H3. The number of para-hydroxylation sites is 1. The SMILES string of the molecule is CN1C(=O)N(c2ccccc2F)C(=O)C1=CC1CCCCC1. The molecule has 1 aliphatic carbocycles. The van der Waals surface area contributed by atoms with Gasteiger partial charge in [-0.25, -0.2) is 14.1 Å². The van der Waals surface area contributed by atoms with E-state index in [0.29, 0.717) is 11.6 Å². The minimum Gasteiger partial charge on any atom is -0.292 e. The fourth-order valence-electron chi connectivity index (χ4n) is 3.15. The van der Waals surface area contributed by atoms with Gasteiger partial charge in [-0.3, -0.25) is 9.69 Å². The minimum atomic E-state index is -0.573. The first-order valence-electron chi connectivity index (χ1n) is 7.68. The van der Waals surface area contributed by atoms with Crippen molar-refractivity contribution in [3.63, 3.8) is 0 Å². The fourth-order valence-corrected chi connectivity index (χ4v) is 3.15.